The Balaban J connectivity index is 1.72. The fourth-order valence-electron chi connectivity index (χ4n) is 3.70. The van der Waals surface area contributed by atoms with E-state index in [2.05, 4.69) is 27.7 Å². The largest absolute Gasteiger partial charge is 0.463 e. The number of ether oxygens (including phenoxy) is 1. The third kappa shape index (κ3) is 3.45. The predicted molar refractivity (Wildman–Crippen MR) is 93.9 cm³/mol. The van der Waals surface area contributed by atoms with E-state index in [9.17, 15) is 4.79 Å². The zero-order valence-corrected chi connectivity index (χ0v) is 16.2. The SMILES string of the molecule is CC(C)(C)OC(=O)N1CC(B2OC(C)(C)C(C)(C)O2)C(C2CC2)C1. The Morgan fingerprint density at radius 3 is 2.08 bits per heavy atom. The van der Waals surface area contributed by atoms with Crippen molar-refractivity contribution in [2.24, 2.45) is 11.8 Å². The number of nitrogens with zero attached hydrogens (tertiary/aromatic N) is 1. The van der Waals surface area contributed by atoms with Crippen LogP contribution in [0.2, 0.25) is 5.82 Å². The summed E-state index contributed by atoms with van der Waals surface area (Å²) in [5, 5.41) is 0. The second-order valence-electron chi connectivity index (χ2n) is 9.68. The van der Waals surface area contributed by atoms with E-state index < -0.39 is 5.60 Å². The molecule has 0 radical (unpaired) electrons. The molecule has 0 aromatic heterocycles. The molecule has 2 saturated heterocycles. The van der Waals surface area contributed by atoms with E-state index in [1.807, 2.05) is 25.7 Å². The van der Waals surface area contributed by atoms with Crippen LogP contribution in [0.15, 0.2) is 0 Å². The van der Waals surface area contributed by atoms with Crippen LogP contribution in [0.5, 0.6) is 0 Å². The Labute approximate surface area is 146 Å². The maximum absolute atomic E-state index is 12.5. The summed E-state index contributed by atoms with van der Waals surface area (Å²) in [6, 6.07) is 0. The van der Waals surface area contributed by atoms with Gasteiger partial charge in [0.05, 0.1) is 11.2 Å². The lowest BCUT2D eigenvalue weighted by molar-refractivity contribution is 0.00578. The molecule has 136 valence electrons. The van der Waals surface area contributed by atoms with Gasteiger partial charge in [-0.2, -0.15) is 0 Å². The van der Waals surface area contributed by atoms with Crippen LogP contribution in [0.1, 0.15) is 61.3 Å². The third-order valence-electron chi connectivity index (χ3n) is 5.91. The standard InChI is InChI=1S/C18H32BNO4/c1-16(2,3)22-15(21)20-10-13(12-8-9-12)14(11-20)19-23-17(4,5)18(6,7)24-19/h12-14H,8-11H2,1-7H3. The van der Waals surface area contributed by atoms with Gasteiger partial charge in [0.1, 0.15) is 5.60 Å². The minimum atomic E-state index is -0.464. The third-order valence-corrected chi connectivity index (χ3v) is 5.91. The van der Waals surface area contributed by atoms with Crippen molar-refractivity contribution in [1.82, 2.24) is 4.90 Å². The molecular formula is C18H32BNO4. The number of likely N-dealkylation sites (tertiary alicyclic amines) is 1. The average Bonchev–Trinajstić information content (AvgIpc) is 3.08. The van der Waals surface area contributed by atoms with Gasteiger partial charge in [-0.05, 0) is 73.1 Å². The number of amides is 1. The molecule has 2 heterocycles. The summed E-state index contributed by atoms with van der Waals surface area (Å²) in [6.07, 6.45) is 2.29. The minimum Gasteiger partial charge on any atom is -0.444 e. The van der Waals surface area contributed by atoms with Gasteiger partial charge in [0.15, 0.2) is 0 Å². The van der Waals surface area contributed by atoms with Gasteiger partial charge in [-0.3, -0.25) is 0 Å². The van der Waals surface area contributed by atoms with E-state index in [0.717, 1.165) is 6.54 Å². The summed E-state index contributed by atoms with van der Waals surface area (Å²) in [5.41, 5.74) is -1.12. The number of rotatable bonds is 2. The van der Waals surface area contributed by atoms with Crippen molar-refractivity contribution in [3.05, 3.63) is 0 Å². The topological polar surface area (TPSA) is 48.0 Å². The Morgan fingerprint density at radius 2 is 1.62 bits per heavy atom. The molecule has 0 bridgehead atoms. The molecule has 1 aliphatic carbocycles. The van der Waals surface area contributed by atoms with Crippen LogP contribution in [-0.4, -0.2) is 48.0 Å². The highest BCUT2D eigenvalue weighted by Gasteiger charge is 2.59. The maximum Gasteiger partial charge on any atom is 0.463 e. The lowest BCUT2D eigenvalue weighted by Crippen LogP contribution is -2.41. The van der Waals surface area contributed by atoms with Crippen molar-refractivity contribution in [3.8, 4) is 0 Å². The van der Waals surface area contributed by atoms with Crippen LogP contribution in [-0.2, 0) is 14.0 Å². The highest BCUT2D eigenvalue weighted by atomic mass is 16.7. The van der Waals surface area contributed by atoms with Crippen LogP contribution >= 0.6 is 0 Å². The van der Waals surface area contributed by atoms with Gasteiger partial charge >= 0.3 is 13.2 Å². The molecule has 3 rings (SSSR count). The van der Waals surface area contributed by atoms with Crippen LogP contribution in [0, 0.1) is 11.8 Å². The summed E-state index contributed by atoms with van der Waals surface area (Å²) in [6.45, 7) is 15.5. The van der Waals surface area contributed by atoms with Crippen LogP contribution in [0.25, 0.3) is 0 Å². The van der Waals surface area contributed by atoms with Crippen molar-refractivity contribution >= 4 is 13.2 Å². The van der Waals surface area contributed by atoms with Crippen molar-refractivity contribution in [3.63, 3.8) is 0 Å². The van der Waals surface area contributed by atoms with Gasteiger partial charge < -0.3 is 18.9 Å². The summed E-state index contributed by atoms with van der Waals surface area (Å²) < 4.78 is 18.1. The molecule has 0 aromatic carbocycles. The normalized spacial score (nSPS) is 32.3. The second kappa shape index (κ2) is 5.63. The first kappa shape index (κ1) is 18.1. The van der Waals surface area contributed by atoms with Crippen molar-refractivity contribution in [2.45, 2.75) is 83.9 Å². The van der Waals surface area contributed by atoms with E-state index in [1.54, 1.807) is 0 Å². The second-order valence-corrected chi connectivity index (χ2v) is 9.68. The molecule has 0 N–H and O–H groups in total. The first-order valence-electron chi connectivity index (χ1n) is 9.23. The summed E-state index contributed by atoms with van der Waals surface area (Å²) in [7, 11) is -0.243. The first-order valence-corrected chi connectivity index (χ1v) is 9.23. The quantitative estimate of drug-likeness (QED) is 0.721. The van der Waals surface area contributed by atoms with Gasteiger partial charge in [-0.15, -0.1) is 0 Å². The molecule has 1 amide bonds. The molecule has 2 atom stereocenters. The fraction of sp³-hybridized carbons (Fsp3) is 0.944. The van der Waals surface area contributed by atoms with Gasteiger partial charge in [-0.25, -0.2) is 4.79 Å². The highest BCUT2D eigenvalue weighted by Crippen LogP contribution is 2.51. The van der Waals surface area contributed by atoms with Gasteiger partial charge in [0, 0.05) is 18.9 Å². The fourth-order valence-corrected chi connectivity index (χ4v) is 3.70. The molecule has 2 unspecified atom stereocenters. The minimum absolute atomic E-state index is 0.216. The van der Waals surface area contributed by atoms with Crippen LogP contribution < -0.4 is 0 Å². The first-order chi connectivity index (χ1) is 10.9. The van der Waals surface area contributed by atoms with E-state index in [-0.39, 0.29) is 30.2 Å². The summed E-state index contributed by atoms with van der Waals surface area (Å²) in [5.74, 6) is 1.37. The van der Waals surface area contributed by atoms with Crippen LogP contribution in [0.3, 0.4) is 0 Å². The van der Waals surface area contributed by atoms with Gasteiger partial charge in [-0.1, -0.05) is 0 Å². The maximum atomic E-state index is 12.5. The molecule has 6 heteroatoms. The highest BCUT2D eigenvalue weighted by molar-refractivity contribution is 6.47. The molecule has 2 aliphatic heterocycles. The number of carbonyl (C=O) groups excluding carboxylic acids is 1. The zero-order valence-electron chi connectivity index (χ0n) is 16.2. The Bertz CT molecular complexity index is 494. The van der Waals surface area contributed by atoms with E-state index >= 15 is 0 Å². The zero-order chi connectivity index (χ0) is 17.9. The number of carbonyl (C=O) groups is 1. The smallest absolute Gasteiger partial charge is 0.444 e. The lowest BCUT2D eigenvalue weighted by atomic mass is 9.65. The lowest BCUT2D eigenvalue weighted by Gasteiger charge is -2.32. The number of hydrogen-bond donors (Lipinski definition) is 0. The van der Waals surface area contributed by atoms with Crippen LogP contribution in [0.4, 0.5) is 4.79 Å². The Kier molecular flexibility index (Phi) is 4.24. The monoisotopic (exact) mass is 337 g/mol. The molecule has 3 fully saturated rings. The predicted octanol–water partition coefficient (Wildman–Crippen LogP) is 3.73. The average molecular weight is 337 g/mol. The molecular weight excluding hydrogens is 305 g/mol. The van der Waals surface area contributed by atoms with E-state index in [0.29, 0.717) is 18.4 Å². The molecule has 5 nitrogen and oxygen atoms in total. The Morgan fingerprint density at radius 1 is 1.08 bits per heavy atom. The summed E-state index contributed by atoms with van der Waals surface area (Å²) >= 11 is 0. The molecule has 3 aliphatic rings. The van der Waals surface area contributed by atoms with Gasteiger partial charge in [0.2, 0.25) is 0 Å². The van der Waals surface area contributed by atoms with E-state index in [1.165, 1.54) is 12.8 Å². The van der Waals surface area contributed by atoms with Crippen molar-refractivity contribution < 1.29 is 18.8 Å². The molecule has 0 spiro atoms. The summed E-state index contributed by atoms with van der Waals surface area (Å²) in [4.78, 5) is 14.3. The van der Waals surface area contributed by atoms with Crippen molar-refractivity contribution in [1.29, 1.82) is 0 Å². The molecule has 1 saturated carbocycles. The van der Waals surface area contributed by atoms with Gasteiger partial charge in [0.25, 0.3) is 0 Å². The Hall–Kier alpha value is -0.745. The number of hydrogen-bond acceptors (Lipinski definition) is 4. The molecule has 0 aromatic rings. The molecule has 24 heavy (non-hydrogen) atoms. The van der Waals surface area contributed by atoms with Crippen molar-refractivity contribution in [2.75, 3.05) is 13.1 Å². The van der Waals surface area contributed by atoms with E-state index in [4.69, 9.17) is 14.0 Å².